The molecular formula is C16H19N3O7S. The van der Waals surface area contributed by atoms with Crippen LogP contribution in [-0.4, -0.2) is 58.2 Å². The van der Waals surface area contributed by atoms with Gasteiger partial charge in [-0.3, -0.25) is 9.29 Å². The zero-order valence-corrected chi connectivity index (χ0v) is 15.1. The Labute approximate surface area is 154 Å². The van der Waals surface area contributed by atoms with E-state index in [1.165, 1.54) is 24.4 Å². The maximum atomic E-state index is 12.4. The molecule has 1 saturated heterocycles. The minimum Gasteiger partial charge on any atom is -0.394 e. The number of rotatable bonds is 5. The lowest BCUT2D eigenvalue weighted by Crippen LogP contribution is -2.36. The first-order chi connectivity index (χ1) is 12.7. The maximum Gasteiger partial charge on any atom is 0.351 e. The van der Waals surface area contributed by atoms with Crippen LogP contribution in [0.1, 0.15) is 11.8 Å². The third kappa shape index (κ3) is 3.87. The van der Waals surface area contributed by atoms with Gasteiger partial charge in [0.05, 0.1) is 11.5 Å². The molecule has 2 heterocycles. The van der Waals surface area contributed by atoms with Gasteiger partial charge in [0.2, 0.25) is 0 Å². The molecule has 1 aliphatic heterocycles. The van der Waals surface area contributed by atoms with Crippen molar-refractivity contribution in [3.05, 3.63) is 52.6 Å². The molecule has 27 heavy (non-hydrogen) atoms. The highest BCUT2D eigenvalue weighted by atomic mass is 32.2. The van der Waals surface area contributed by atoms with Crippen molar-refractivity contribution in [3.8, 4) is 0 Å². The van der Waals surface area contributed by atoms with Gasteiger partial charge in [-0.1, -0.05) is 17.7 Å². The molecule has 0 spiro atoms. The summed E-state index contributed by atoms with van der Waals surface area (Å²) in [5.41, 5.74) is 0.00195. The number of ether oxygens (including phenoxy) is 1. The van der Waals surface area contributed by atoms with Gasteiger partial charge in [0.25, 0.3) is 10.0 Å². The number of nitrogens with zero attached hydrogens (tertiary/aromatic N) is 2. The summed E-state index contributed by atoms with van der Waals surface area (Å²) >= 11 is 0. The van der Waals surface area contributed by atoms with Gasteiger partial charge in [0.15, 0.2) is 6.23 Å². The van der Waals surface area contributed by atoms with Gasteiger partial charge in [-0.25, -0.2) is 13.2 Å². The van der Waals surface area contributed by atoms with E-state index in [4.69, 9.17) is 9.84 Å². The number of anilines is 1. The van der Waals surface area contributed by atoms with E-state index in [-0.39, 0.29) is 10.7 Å². The number of aliphatic hydroxyl groups is 3. The van der Waals surface area contributed by atoms with Crippen LogP contribution in [0.5, 0.6) is 0 Å². The number of nitrogens with one attached hydrogen (secondary N) is 1. The van der Waals surface area contributed by atoms with Crippen molar-refractivity contribution >= 4 is 15.8 Å². The molecule has 10 nitrogen and oxygen atoms in total. The average molecular weight is 397 g/mol. The van der Waals surface area contributed by atoms with Crippen molar-refractivity contribution in [2.45, 2.75) is 36.4 Å². The summed E-state index contributed by atoms with van der Waals surface area (Å²) in [5.74, 6) is -0.205. The van der Waals surface area contributed by atoms with Crippen LogP contribution in [0.15, 0.2) is 46.2 Å². The maximum absolute atomic E-state index is 12.4. The number of aromatic nitrogens is 2. The highest BCUT2D eigenvalue weighted by Gasteiger charge is 2.43. The summed E-state index contributed by atoms with van der Waals surface area (Å²) in [7, 11) is -3.93. The Morgan fingerprint density at radius 2 is 1.85 bits per heavy atom. The van der Waals surface area contributed by atoms with Crippen molar-refractivity contribution in [2.75, 3.05) is 11.3 Å². The molecule has 2 unspecified atom stereocenters. The monoisotopic (exact) mass is 397 g/mol. The number of hydrogen-bond donors (Lipinski definition) is 4. The first-order valence-electron chi connectivity index (χ1n) is 8.04. The van der Waals surface area contributed by atoms with Crippen LogP contribution in [0, 0.1) is 6.92 Å². The summed E-state index contributed by atoms with van der Waals surface area (Å²) in [4.78, 5) is 15.9. The van der Waals surface area contributed by atoms with E-state index in [0.717, 1.165) is 10.1 Å². The molecule has 11 heteroatoms. The summed E-state index contributed by atoms with van der Waals surface area (Å²) in [6.07, 6.45) is -3.93. The van der Waals surface area contributed by atoms with E-state index in [2.05, 4.69) is 9.71 Å². The Hall–Kier alpha value is -2.31. The third-order valence-electron chi connectivity index (χ3n) is 4.19. The van der Waals surface area contributed by atoms with Crippen LogP contribution in [0.25, 0.3) is 0 Å². The smallest absolute Gasteiger partial charge is 0.351 e. The zero-order chi connectivity index (χ0) is 19.8. The van der Waals surface area contributed by atoms with Gasteiger partial charge in [0, 0.05) is 6.20 Å². The van der Waals surface area contributed by atoms with E-state index < -0.39 is 46.9 Å². The first kappa shape index (κ1) is 19.5. The van der Waals surface area contributed by atoms with Crippen molar-refractivity contribution in [1.82, 2.24) is 9.55 Å². The molecule has 0 radical (unpaired) electrons. The second-order valence-corrected chi connectivity index (χ2v) is 7.83. The topological polar surface area (TPSA) is 151 Å². The molecule has 146 valence electrons. The van der Waals surface area contributed by atoms with Crippen LogP contribution < -0.4 is 10.4 Å². The largest absolute Gasteiger partial charge is 0.394 e. The van der Waals surface area contributed by atoms with Gasteiger partial charge in [-0.2, -0.15) is 4.98 Å². The van der Waals surface area contributed by atoms with Crippen molar-refractivity contribution in [3.63, 3.8) is 0 Å². The molecule has 4 atom stereocenters. The standard InChI is InChI=1S/C16H19N3O7S/c1-9-2-4-10(5-3-9)27(24,25)18-12-6-7-19(16(23)17-12)15-14(22)13(21)11(8-20)26-15/h2-7,11,13-15,20-22H,8H2,1H3,(H,17,18,23)/t11-,13?,14?,15-/m1/s1. The summed E-state index contributed by atoms with van der Waals surface area (Å²) in [6.45, 7) is 1.29. The number of hydrogen-bond acceptors (Lipinski definition) is 8. The lowest BCUT2D eigenvalue weighted by molar-refractivity contribution is -0.0549. The van der Waals surface area contributed by atoms with Gasteiger partial charge in [-0.15, -0.1) is 0 Å². The fourth-order valence-electron chi connectivity index (χ4n) is 2.69. The van der Waals surface area contributed by atoms with E-state index in [9.17, 15) is 23.4 Å². The SMILES string of the molecule is Cc1ccc(S(=O)(=O)Nc2ccn([C@@H]3O[C@H](CO)C(O)C3O)c(=O)n2)cc1. The Balaban J connectivity index is 1.83. The normalized spacial score (nSPS) is 25.5. The summed E-state index contributed by atoms with van der Waals surface area (Å²) in [6, 6.07) is 7.36. The lowest BCUT2D eigenvalue weighted by atomic mass is 10.1. The second-order valence-electron chi connectivity index (χ2n) is 6.15. The molecule has 0 amide bonds. The van der Waals surface area contributed by atoms with Crippen LogP contribution in [0.4, 0.5) is 5.82 Å². The predicted molar refractivity (Wildman–Crippen MR) is 93.5 cm³/mol. The Kier molecular flexibility index (Phi) is 5.31. The minimum atomic E-state index is -3.93. The number of benzene rings is 1. The molecular weight excluding hydrogens is 378 g/mol. The minimum absolute atomic E-state index is 0.0162. The van der Waals surface area contributed by atoms with Crippen LogP contribution in [-0.2, 0) is 14.8 Å². The molecule has 1 aromatic heterocycles. The predicted octanol–water partition coefficient (Wildman–Crippen LogP) is -1.04. The first-order valence-corrected chi connectivity index (χ1v) is 9.52. The van der Waals surface area contributed by atoms with E-state index >= 15 is 0 Å². The molecule has 1 aromatic carbocycles. The van der Waals surface area contributed by atoms with E-state index in [1.54, 1.807) is 12.1 Å². The van der Waals surface area contributed by atoms with Crippen LogP contribution in [0.3, 0.4) is 0 Å². The molecule has 1 aliphatic rings. The fourth-order valence-corrected chi connectivity index (χ4v) is 3.69. The Morgan fingerprint density at radius 1 is 1.19 bits per heavy atom. The number of aryl methyl sites for hydroxylation is 1. The second kappa shape index (κ2) is 7.37. The van der Waals surface area contributed by atoms with Gasteiger partial charge >= 0.3 is 5.69 Å². The van der Waals surface area contributed by atoms with Crippen LogP contribution in [0.2, 0.25) is 0 Å². The molecule has 0 aliphatic carbocycles. The van der Waals surface area contributed by atoms with Crippen molar-refractivity contribution in [2.24, 2.45) is 0 Å². The lowest BCUT2D eigenvalue weighted by Gasteiger charge is -2.17. The molecule has 0 saturated carbocycles. The van der Waals surface area contributed by atoms with Gasteiger partial charge in [0.1, 0.15) is 24.1 Å². The number of sulfonamides is 1. The van der Waals surface area contributed by atoms with Crippen molar-refractivity contribution < 1.29 is 28.5 Å². The summed E-state index contributed by atoms with van der Waals surface area (Å²) < 4.78 is 33.1. The van der Waals surface area contributed by atoms with Crippen LogP contribution >= 0.6 is 0 Å². The molecule has 3 rings (SSSR count). The van der Waals surface area contributed by atoms with Crippen molar-refractivity contribution in [1.29, 1.82) is 0 Å². The quantitative estimate of drug-likeness (QED) is 0.500. The number of aliphatic hydroxyl groups excluding tert-OH is 3. The Morgan fingerprint density at radius 3 is 2.41 bits per heavy atom. The molecule has 2 aromatic rings. The Bertz CT molecular complexity index is 974. The fraction of sp³-hybridized carbons (Fsp3) is 0.375. The van der Waals surface area contributed by atoms with E-state index in [1.807, 2.05) is 6.92 Å². The highest BCUT2D eigenvalue weighted by molar-refractivity contribution is 7.92. The van der Waals surface area contributed by atoms with E-state index in [0.29, 0.717) is 0 Å². The third-order valence-corrected chi connectivity index (χ3v) is 5.56. The average Bonchev–Trinajstić information content (AvgIpc) is 2.90. The molecule has 4 N–H and O–H groups in total. The highest BCUT2D eigenvalue weighted by Crippen LogP contribution is 2.28. The van der Waals surface area contributed by atoms with Gasteiger partial charge in [-0.05, 0) is 25.1 Å². The molecule has 1 fully saturated rings. The zero-order valence-electron chi connectivity index (χ0n) is 14.3. The summed E-state index contributed by atoms with van der Waals surface area (Å²) in [5, 5.41) is 28.9. The van der Waals surface area contributed by atoms with Gasteiger partial charge < -0.3 is 20.1 Å². The molecule has 0 bridgehead atoms.